The van der Waals surface area contributed by atoms with Crippen molar-refractivity contribution < 1.29 is 4.39 Å². The van der Waals surface area contributed by atoms with Gasteiger partial charge in [-0.25, -0.2) is 4.39 Å². The van der Waals surface area contributed by atoms with E-state index in [0.29, 0.717) is 17.1 Å². The Morgan fingerprint density at radius 2 is 2.10 bits per heavy atom. The highest BCUT2D eigenvalue weighted by Gasteiger charge is 2.10. The van der Waals surface area contributed by atoms with Gasteiger partial charge in [-0.15, -0.1) is 0 Å². The summed E-state index contributed by atoms with van der Waals surface area (Å²) in [6.07, 6.45) is 5.24. The van der Waals surface area contributed by atoms with Crippen LogP contribution in [0.3, 0.4) is 0 Å². The Kier molecular flexibility index (Phi) is 5.38. The molecule has 0 spiro atoms. The van der Waals surface area contributed by atoms with Crippen LogP contribution in [0.15, 0.2) is 41.1 Å². The van der Waals surface area contributed by atoms with Crippen LogP contribution in [0.1, 0.15) is 37.4 Å². The van der Waals surface area contributed by atoms with E-state index in [2.05, 4.69) is 51.9 Å². The van der Waals surface area contributed by atoms with Crippen LogP contribution in [0.2, 0.25) is 0 Å². The molecule has 2 nitrogen and oxygen atoms in total. The van der Waals surface area contributed by atoms with Crippen LogP contribution in [0, 0.1) is 5.82 Å². The van der Waals surface area contributed by atoms with Gasteiger partial charge in [0, 0.05) is 25.0 Å². The van der Waals surface area contributed by atoms with Gasteiger partial charge in [0.2, 0.25) is 0 Å². The Morgan fingerprint density at radius 3 is 2.80 bits per heavy atom. The maximum atomic E-state index is 13.5. The minimum absolute atomic E-state index is 0.214. The molecule has 0 aliphatic heterocycles. The number of benzene rings is 1. The molecule has 108 valence electrons. The Hall–Kier alpha value is -1.13. The van der Waals surface area contributed by atoms with Crippen LogP contribution in [0.4, 0.5) is 4.39 Å². The summed E-state index contributed by atoms with van der Waals surface area (Å²) in [6, 6.07) is 7.66. The molecule has 1 unspecified atom stereocenters. The number of nitrogens with one attached hydrogen (secondary N) is 1. The van der Waals surface area contributed by atoms with Gasteiger partial charge in [0.1, 0.15) is 5.82 Å². The van der Waals surface area contributed by atoms with Crippen LogP contribution in [0.25, 0.3) is 0 Å². The molecule has 1 atom stereocenters. The molecule has 0 bridgehead atoms. The molecule has 20 heavy (non-hydrogen) atoms. The van der Waals surface area contributed by atoms with Crippen LogP contribution >= 0.6 is 15.9 Å². The van der Waals surface area contributed by atoms with Gasteiger partial charge in [-0.2, -0.15) is 0 Å². The summed E-state index contributed by atoms with van der Waals surface area (Å²) in [4.78, 5) is 0. The van der Waals surface area contributed by atoms with Crippen molar-refractivity contribution in [3.8, 4) is 0 Å². The van der Waals surface area contributed by atoms with Gasteiger partial charge in [0.05, 0.1) is 4.47 Å². The van der Waals surface area contributed by atoms with Gasteiger partial charge in [-0.1, -0.05) is 26.0 Å². The maximum absolute atomic E-state index is 13.5. The fraction of sp³-hybridized carbons (Fsp3) is 0.375. The zero-order valence-electron chi connectivity index (χ0n) is 11.9. The van der Waals surface area contributed by atoms with Gasteiger partial charge in [0.15, 0.2) is 0 Å². The third-order valence-corrected chi connectivity index (χ3v) is 4.31. The van der Waals surface area contributed by atoms with Crippen LogP contribution in [-0.4, -0.2) is 11.1 Å². The van der Waals surface area contributed by atoms with Crippen molar-refractivity contribution in [2.24, 2.45) is 0 Å². The van der Waals surface area contributed by atoms with Gasteiger partial charge >= 0.3 is 0 Å². The van der Waals surface area contributed by atoms with Crippen molar-refractivity contribution in [1.82, 2.24) is 9.88 Å². The van der Waals surface area contributed by atoms with Crippen molar-refractivity contribution >= 4 is 15.9 Å². The fourth-order valence-corrected chi connectivity index (χ4v) is 2.77. The SMILES string of the molecule is CCNC(CC)c1ccn(Cc2cccc(F)c2Br)c1. The minimum atomic E-state index is -0.214. The lowest BCUT2D eigenvalue weighted by molar-refractivity contribution is 0.536. The highest BCUT2D eigenvalue weighted by molar-refractivity contribution is 9.10. The molecule has 0 radical (unpaired) electrons. The van der Waals surface area contributed by atoms with Crippen LogP contribution in [0.5, 0.6) is 0 Å². The largest absolute Gasteiger partial charge is 0.350 e. The third kappa shape index (κ3) is 3.49. The van der Waals surface area contributed by atoms with E-state index in [4.69, 9.17) is 0 Å². The van der Waals surface area contributed by atoms with E-state index >= 15 is 0 Å². The summed E-state index contributed by atoms with van der Waals surface area (Å²) in [7, 11) is 0. The van der Waals surface area contributed by atoms with Gasteiger partial charge in [0.25, 0.3) is 0 Å². The summed E-state index contributed by atoms with van der Waals surface area (Å²) < 4.78 is 16.1. The third-order valence-electron chi connectivity index (χ3n) is 3.42. The smallest absolute Gasteiger partial charge is 0.137 e. The standard InChI is InChI=1S/C16H20BrFN2/c1-3-15(19-4-2)12-8-9-20(10-12)11-13-6-5-7-14(18)16(13)17/h5-10,15,19H,3-4,11H2,1-2H3. The topological polar surface area (TPSA) is 17.0 Å². The Labute approximate surface area is 128 Å². The molecular weight excluding hydrogens is 319 g/mol. The zero-order valence-corrected chi connectivity index (χ0v) is 13.5. The van der Waals surface area contributed by atoms with E-state index in [0.717, 1.165) is 18.5 Å². The summed E-state index contributed by atoms with van der Waals surface area (Å²) >= 11 is 3.31. The normalized spacial score (nSPS) is 12.6. The second-order valence-electron chi connectivity index (χ2n) is 4.85. The molecule has 0 saturated carbocycles. The molecule has 1 heterocycles. The summed E-state index contributed by atoms with van der Waals surface area (Å²) in [5.41, 5.74) is 2.23. The zero-order chi connectivity index (χ0) is 14.5. The molecule has 2 aromatic rings. The molecule has 1 N–H and O–H groups in total. The lowest BCUT2D eigenvalue weighted by Crippen LogP contribution is -2.19. The minimum Gasteiger partial charge on any atom is -0.350 e. The predicted molar refractivity (Wildman–Crippen MR) is 84.3 cm³/mol. The number of halogens is 2. The Morgan fingerprint density at radius 1 is 1.30 bits per heavy atom. The van der Waals surface area contributed by atoms with Gasteiger partial charge in [-0.05, 0) is 52.2 Å². The molecule has 0 amide bonds. The van der Waals surface area contributed by atoms with Crippen LogP contribution in [-0.2, 0) is 6.54 Å². The summed E-state index contributed by atoms with van der Waals surface area (Å²) in [6.45, 7) is 5.91. The Balaban J connectivity index is 2.15. The van der Waals surface area contributed by atoms with Crippen molar-refractivity contribution in [2.45, 2.75) is 32.9 Å². The second kappa shape index (κ2) is 7.04. The lowest BCUT2D eigenvalue weighted by Gasteiger charge is -2.14. The van der Waals surface area contributed by atoms with Crippen molar-refractivity contribution in [1.29, 1.82) is 0 Å². The molecule has 1 aromatic carbocycles. The molecule has 1 aromatic heterocycles. The maximum Gasteiger partial charge on any atom is 0.137 e. The molecule has 0 aliphatic carbocycles. The molecule has 4 heteroatoms. The van der Waals surface area contributed by atoms with Crippen molar-refractivity contribution in [3.05, 3.63) is 58.1 Å². The van der Waals surface area contributed by atoms with E-state index in [-0.39, 0.29) is 5.82 Å². The molecule has 0 fully saturated rings. The number of hydrogen-bond donors (Lipinski definition) is 1. The Bertz CT molecular complexity index is 565. The van der Waals surface area contributed by atoms with E-state index in [1.807, 2.05) is 12.3 Å². The molecule has 0 aliphatic rings. The monoisotopic (exact) mass is 338 g/mol. The van der Waals surface area contributed by atoms with Gasteiger partial charge in [-0.3, -0.25) is 0 Å². The van der Waals surface area contributed by atoms with E-state index in [9.17, 15) is 4.39 Å². The first-order valence-electron chi connectivity index (χ1n) is 6.97. The quantitative estimate of drug-likeness (QED) is 0.820. The average molecular weight is 339 g/mol. The first-order valence-corrected chi connectivity index (χ1v) is 7.77. The second-order valence-corrected chi connectivity index (χ2v) is 5.64. The van der Waals surface area contributed by atoms with E-state index in [1.54, 1.807) is 6.07 Å². The summed E-state index contributed by atoms with van der Waals surface area (Å²) in [5, 5.41) is 3.46. The molecular formula is C16H20BrFN2. The number of rotatable bonds is 6. The van der Waals surface area contributed by atoms with E-state index in [1.165, 1.54) is 11.6 Å². The van der Waals surface area contributed by atoms with E-state index < -0.39 is 0 Å². The first kappa shape index (κ1) is 15.3. The highest BCUT2D eigenvalue weighted by Crippen LogP contribution is 2.23. The average Bonchev–Trinajstić information content (AvgIpc) is 2.89. The lowest BCUT2D eigenvalue weighted by atomic mass is 10.1. The fourth-order valence-electron chi connectivity index (χ4n) is 2.38. The number of aromatic nitrogens is 1. The van der Waals surface area contributed by atoms with Crippen LogP contribution < -0.4 is 5.32 Å². The summed E-state index contributed by atoms with van der Waals surface area (Å²) in [5.74, 6) is -0.214. The number of hydrogen-bond acceptors (Lipinski definition) is 1. The highest BCUT2D eigenvalue weighted by atomic mass is 79.9. The van der Waals surface area contributed by atoms with Crippen molar-refractivity contribution in [3.63, 3.8) is 0 Å². The van der Waals surface area contributed by atoms with Gasteiger partial charge < -0.3 is 9.88 Å². The molecule has 0 saturated heterocycles. The van der Waals surface area contributed by atoms with Crippen molar-refractivity contribution in [2.75, 3.05) is 6.54 Å². The predicted octanol–water partition coefficient (Wildman–Crippen LogP) is 4.50. The number of nitrogens with zero attached hydrogens (tertiary/aromatic N) is 1. The first-order chi connectivity index (χ1) is 9.65. The molecule has 2 rings (SSSR count).